The number of hydrogen-bond acceptors (Lipinski definition) is 8. The zero-order chi connectivity index (χ0) is 28.5. The molecule has 11 nitrogen and oxygen atoms in total. The number of benzene rings is 1. The molecule has 2 aliphatic heterocycles. The molecular weight excluding hydrogens is 516 g/mol. The molecule has 3 aliphatic rings. The van der Waals surface area contributed by atoms with Gasteiger partial charge in [-0.1, -0.05) is 37.8 Å². The van der Waals surface area contributed by atoms with Crippen LogP contribution in [0.1, 0.15) is 51.0 Å². The van der Waals surface area contributed by atoms with Gasteiger partial charge in [0.2, 0.25) is 17.7 Å². The van der Waals surface area contributed by atoms with Gasteiger partial charge in [0.1, 0.15) is 23.9 Å². The lowest BCUT2D eigenvalue weighted by Crippen LogP contribution is -2.56. The number of nitrogens with one attached hydrogen (secondary N) is 4. The number of morpholine rings is 1. The quantitative estimate of drug-likeness (QED) is 0.243. The van der Waals surface area contributed by atoms with Crippen LogP contribution in [0.3, 0.4) is 0 Å². The number of epoxide rings is 1. The highest BCUT2D eigenvalue weighted by molar-refractivity contribution is 5.96. The lowest BCUT2D eigenvalue weighted by atomic mass is 9.94. The molecule has 1 unspecified atom stereocenters. The second-order valence-corrected chi connectivity index (χ2v) is 11.0. The van der Waals surface area contributed by atoms with Gasteiger partial charge in [0.05, 0.1) is 38.9 Å². The maximum atomic E-state index is 13.6. The van der Waals surface area contributed by atoms with Gasteiger partial charge in [-0.25, -0.2) is 0 Å². The minimum absolute atomic E-state index is 0.116. The number of carbonyl (C=O) groups is 4. The van der Waals surface area contributed by atoms with Crippen molar-refractivity contribution in [1.82, 2.24) is 21.3 Å². The van der Waals surface area contributed by atoms with Crippen molar-refractivity contribution in [3.8, 4) is 5.75 Å². The molecule has 4 rings (SSSR count). The molecule has 0 bridgehead atoms. The van der Waals surface area contributed by atoms with E-state index in [9.17, 15) is 19.2 Å². The number of methoxy groups -OCH3 is 1. The summed E-state index contributed by atoms with van der Waals surface area (Å²) < 4.78 is 16.0. The number of amides is 3. The Morgan fingerprint density at radius 3 is 2.33 bits per heavy atom. The number of carbonyl (C=O) groups excluding carboxylic acids is 4. The fourth-order valence-electron chi connectivity index (χ4n) is 5.36. The van der Waals surface area contributed by atoms with E-state index in [-0.39, 0.29) is 30.6 Å². The van der Waals surface area contributed by atoms with Crippen LogP contribution < -0.4 is 26.0 Å². The summed E-state index contributed by atoms with van der Waals surface area (Å²) in [6.45, 7) is 3.81. The predicted molar refractivity (Wildman–Crippen MR) is 147 cm³/mol. The molecule has 1 aromatic carbocycles. The Balaban J connectivity index is 1.41. The first-order chi connectivity index (χ1) is 19.3. The molecule has 0 radical (unpaired) electrons. The summed E-state index contributed by atoms with van der Waals surface area (Å²) >= 11 is 0. The van der Waals surface area contributed by atoms with E-state index >= 15 is 0 Å². The highest BCUT2D eigenvalue weighted by Crippen LogP contribution is 2.30. The average Bonchev–Trinajstić information content (AvgIpc) is 3.68. The van der Waals surface area contributed by atoms with Crippen molar-refractivity contribution in [2.45, 2.75) is 82.2 Å². The van der Waals surface area contributed by atoms with Crippen LogP contribution in [-0.4, -0.2) is 87.3 Å². The molecule has 0 spiro atoms. The molecule has 0 aromatic heterocycles. The summed E-state index contributed by atoms with van der Waals surface area (Å²) in [5, 5.41) is 11.6. The Morgan fingerprint density at radius 1 is 1.00 bits per heavy atom. The Morgan fingerprint density at radius 2 is 1.70 bits per heavy atom. The van der Waals surface area contributed by atoms with Crippen LogP contribution in [0.15, 0.2) is 24.3 Å². The Hall–Kier alpha value is -3.02. The van der Waals surface area contributed by atoms with E-state index in [2.05, 4.69) is 21.3 Å². The van der Waals surface area contributed by atoms with Crippen LogP contribution in [0.4, 0.5) is 0 Å². The van der Waals surface area contributed by atoms with E-state index in [4.69, 9.17) is 14.2 Å². The van der Waals surface area contributed by atoms with Crippen LogP contribution in [0, 0.1) is 5.92 Å². The van der Waals surface area contributed by atoms with Crippen LogP contribution in [0.25, 0.3) is 0 Å². The van der Waals surface area contributed by atoms with Gasteiger partial charge in [-0.05, 0) is 37.0 Å². The SMILES string of the molecule is COc1ccc(C[C@H](NC(=O)[C@H](C)NC(=O)CC2CNCCO2)C(=O)N[C@@H](CC2CCCC2)C(=O)[C@H]2CO2)cc1. The third-order valence-electron chi connectivity index (χ3n) is 7.77. The molecule has 1 aliphatic carbocycles. The Labute approximate surface area is 235 Å². The van der Waals surface area contributed by atoms with Crippen molar-refractivity contribution < 1.29 is 33.4 Å². The zero-order valence-corrected chi connectivity index (χ0v) is 23.4. The molecule has 11 heteroatoms. The van der Waals surface area contributed by atoms with Gasteiger partial charge in [-0.3, -0.25) is 19.2 Å². The standard InChI is InChI=1S/C29H42N4O7/c1-18(31-26(34)15-22-16-30-11-12-39-22)28(36)33-24(14-20-7-9-21(38-2)10-8-20)29(37)32-23(27(35)25-17-40-25)13-19-5-3-4-6-19/h7-10,18-19,22-25,30H,3-6,11-17H2,1-2H3,(H,31,34)(H,32,37)(H,33,36)/t18-,22?,23-,24-,25+/m0/s1. The van der Waals surface area contributed by atoms with Crippen molar-refractivity contribution in [3.63, 3.8) is 0 Å². The first kappa shape index (κ1) is 30.0. The number of Topliss-reactive ketones (excluding diaryl/α,β-unsaturated/α-hetero) is 1. The lowest BCUT2D eigenvalue weighted by molar-refractivity contribution is -0.134. The van der Waals surface area contributed by atoms with E-state index in [1.54, 1.807) is 26.2 Å². The third-order valence-corrected chi connectivity index (χ3v) is 7.77. The Bertz CT molecular complexity index is 1020. The molecule has 1 saturated carbocycles. The molecule has 5 atom stereocenters. The highest BCUT2D eigenvalue weighted by Gasteiger charge is 2.39. The van der Waals surface area contributed by atoms with E-state index in [1.165, 1.54) is 0 Å². The number of ether oxygens (including phenoxy) is 3. The fraction of sp³-hybridized carbons (Fsp3) is 0.655. The molecule has 1 aromatic rings. The summed E-state index contributed by atoms with van der Waals surface area (Å²) in [5.74, 6) is -0.306. The van der Waals surface area contributed by atoms with Crippen molar-refractivity contribution in [2.75, 3.05) is 33.4 Å². The average molecular weight is 559 g/mol. The second-order valence-electron chi connectivity index (χ2n) is 11.0. The van der Waals surface area contributed by atoms with Gasteiger partial charge >= 0.3 is 0 Å². The van der Waals surface area contributed by atoms with Crippen molar-refractivity contribution in [2.24, 2.45) is 5.92 Å². The summed E-state index contributed by atoms with van der Waals surface area (Å²) in [4.78, 5) is 52.2. The first-order valence-corrected chi connectivity index (χ1v) is 14.3. The van der Waals surface area contributed by atoms with Crippen molar-refractivity contribution in [3.05, 3.63) is 29.8 Å². The van der Waals surface area contributed by atoms with Crippen molar-refractivity contribution in [1.29, 1.82) is 0 Å². The zero-order valence-electron chi connectivity index (χ0n) is 23.4. The molecule has 3 fully saturated rings. The third kappa shape index (κ3) is 9.00. The molecule has 2 saturated heterocycles. The van der Waals surface area contributed by atoms with E-state index in [0.29, 0.717) is 37.8 Å². The van der Waals surface area contributed by atoms with Crippen LogP contribution in [-0.2, 0) is 35.1 Å². The fourth-order valence-corrected chi connectivity index (χ4v) is 5.36. The maximum Gasteiger partial charge on any atom is 0.243 e. The van der Waals surface area contributed by atoms with Gasteiger partial charge < -0.3 is 35.5 Å². The van der Waals surface area contributed by atoms with Crippen molar-refractivity contribution >= 4 is 23.5 Å². The van der Waals surface area contributed by atoms with Gasteiger partial charge in [0.25, 0.3) is 0 Å². The number of hydrogen-bond donors (Lipinski definition) is 4. The molecule has 4 N–H and O–H groups in total. The van der Waals surface area contributed by atoms with E-state index < -0.39 is 36.0 Å². The van der Waals surface area contributed by atoms with E-state index in [0.717, 1.165) is 37.8 Å². The van der Waals surface area contributed by atoms with Gasteiger partial charge in [0, 0.05) is 19.5 Å². The first-order valence-electron chi connectivity index (χ1n) is 14.3. The van der Waals surface area contributed by atoms with Crippen LogP contribution >= 0.6 is 0 Å². The second kappa shape index (κ2) is 14.6. The summed E-state index contributed by atoms with van der Waals surface area (Å²) in [5.41, 5.74) is 0.809. The molecule has 2 heterocycles. The predicted octanol–water partition coefficient (Wildman–Crippen LogP) is 0.639. The lowest BCUT2D eigenvalue weighted by Gasteiger charge is -2.26. The van der Waals surface area contributed by atoms with Crippen LogP contribution in [0.2, 0.25) is 0 Å². The van der Waals surface area contributed by atoms with Gasteiger partial charge in [-0.2, -0.15) is 0 Å². The highest BCUT2D eigenvalue weighted by atomic mass is 16.6. The number of ketones is 1. The summed E-state index contributed by atoms with van der Waals surface area (Å²) in [6.07, 6.45) is 4.51. The molecule has 220 valence electrons. The largest absolute Gasteiger partial charge is 0.497 e. The molecular formula is C29H42N4O7. The minimum atomic E-state index is -0.954. The molecule has 3 amide bonds. The maximum absolute atomic E-state index is 13.6. The minimum Gasteiger partial charge on any atom is -0.497 e. The van der Waals surface area contributed by atoms with Crippen LogP contribution in [0.5, 0.6) is 5.75 Å². The van der Waals surface area contributed by atoms with Gasteiger partial charge in [0.15, 0.2) is 5.78 Å². The smallest absolute Gasteiger partial charge is 0.243 e. The topological polar surface area (TPSA) is 147 Å². The van der Waals surface area contributed by atoms with E-state index in [1.807, 2.05) is 12.1 Å². The Kier molecular flexibility index (Phi) is 10.9. The summed E-state index contributed by atoms with van der Waals surface area (Å²) in [7, 11) is 1.57. The monoisotopic (exact) mass is 558 g/mol. The van der Waals surface area contributed by atoms with Gasteiger partial charge in [-0.15, -0.1) is 0 Å². The normalized spacial score (nSPS) is 22.9. The molecule has 40 heavy (non-hydrogen) atoms. The number of rotatable bonds is 14. The summed E-state index contributed by atoms with van der Waals surface area (Å²) in [6, 6.07) is 4.74.